The van der Waals surface area contributed by atoms with E-state index in [2.05, 4.69) is 5.32 Å². The normalized spacial score (nSPS) is 41.6. The maximum Gasteiger partial charge on any atom is 0.0693 e. The summed E-state index contributed by atoms with van der Waals surface area (Å²) in [6.07, 6.45) is 9.48. The molecule has 0 aromatic carbocycles. The first kappa shape index (κ1) is 12.3. The van der Waals surface area contributed by atoms with Gasteiger partial charge in [0.05, 0.1) is 12.2 Å². The Hall–Kier alpha value is -0.120. The SMILES string of the molecule is OC1CCCCCC1NC1CCCCC1O. The average molecular weight is 227 g/mol. The van der Waals surface area contributed by atoms with Crippen LogP contribution in [0.3, 0.4) is 0 Å². The highest BCUT2D eigenvalue weighted by Gasteiger charge is 2.28. The van der Waals surface area contributed by atoms with Gasteiger partial charge in [0.15, 0.2) is 0 Å². The lowest BCUT2D eigenvalue weighted by atomic mass is 9.91. The number of hydrogen-bond acceptors (Lipinski definition) is 3. The molecule has 3 nitrogen and oxygen atoms in total. The molecule has 16 heavy (non-hydrogen) atoms. The van der Waals surface area contributed by atoms with Gasteiger partial charge in [0, 0.05) is 12.1 Å². The lowest BCUT2D eigenvalue weighted by Crippen LogP contribution is -2.50. The van der Waals surface area contributed by atoms with E-state index in [1.54, 1.807) is 0 Å². The van der Waals surface area contributed by atoms with Gasteiger partial charge >= 0.3 is 0 Å². The van der Waals surface area contributed by atoms with Gasteiger partial charge in [-0.2, -0.15) is 0 Å². The number of aliphatic hydroxyl groups excluding tert-OH is 2. The monoisotopic (exact) mass is 227 g/mol. The van der Waals surface area contributed by atoms with Crippen LogP contribution in [-0.4, -0.2) is 34.5 Å². The summed E-state index contributed by atoms with van der Waals surface area (Å²) in [5, 5.41) is 23.4. The third kappa shape index (κ3) is 3.19. The number of nitrogens with one attached hydrogen (secondary N) is 1. The molecule has 2 saturated carbocycles. The highest BCUT2D eigenvalue weighted by molar-refractivity contribution is 4.87. The largest absolute Gasteiger partial charge is 0.392 e. The first-order chi connectivity index (χ1) is 7.77. The third-order valence-electron chi connectivity index (χ3n) is 4.14. The van der Waals surface area contributed by atoms with Crippen molar-refractivity contribution in [2.45, 2.75) is 82.1 Å². The molecule has 4 unspecified atom stereocenters. The van der Waals surface area contributed by atoms with Crippen LogP contribution >= 0.6 is 0 Å². The summed E-state index contributed by atoms with van der Waals surface area (Å²) in [6, 6.07) is 0.423. The molecule has 0 aromatic rings. The number of aliphatic hydroxyl groups is 2. The maximum atomic E-state index is 10.0. The van der Waals surface area contributed by atoms with Crippen molar-refractivity contribution in [1.82, 2.24) is 5.32 Å². The molecular weight excluding hydrogens is 202 g/mol. The molecule has 0 amide bonds. The zero-order valence-corrected chi connectivity index (χ0v) is 10.1. The van der Waals surface area contributed by atoms with Crippen LogP contribution in [0.5, 0.6) is 0 Å². The predicted octanol–water partition coefficient (Wildman–Crippen LogP) is 1.57. The summed E-state index contributed by atoms with van der Waals surface area (Å²) in [5.41, 5.74) is 0. The highest BCUT2D eigenvalue weighted by atomic mass is 16.3. The van der Waals surface area contributed by atoms with Crippen LogP contribution in [0.2, 0.25) is 0 Å². The Morgan fingerprint density at radius 2 is 1.06 bits per heavy atom. The predicted molar refractivity (Wildman–Crippen MR) is 64.3 cm³/mol. The molecule has 2 aliphatic carbocycles. The Morgan fingerprint density at radius 1 is 0.625 bits per heavy atom. The fourth-order valence-corrected chi connectivity index (χ4v) is 3.06. The van der Waals surface area contributed by atoms with Gasteiger partial charge in [-0.15, -0.1) is 0 Å². The van der Waals surface area contributed by atoms with E-state index in [1.807, 2.05) is 0 Å². The standard InChI is InChI=1S/C13H25NO2/c15-12-8-3-1-2-6-10(12)14-11-7-4-5-9-13(11)16/h10-16H,1-9H2. The summed E-state index contributed by atoms with van der Waals surface area (Å²) in [7, 11) is 0. The van der Waals surface area contributed by atoms with Crippen LogP contribution in [0.15, 0.2) is 0 Å². The third-order valence-corrected chi connectivity index (χ3v) is 4.14. The summed E-state index contributed by atoms with van der Waals surface area (Å²) in [4.78, 5) is 0. The van der Waals surface area contributed by atoms with Crippen LogP contribution in [0, 0.1) is 0 Å². The Balaban J connectivity index is 1.86. The minimum absolute atomic E-state index is 0.204. The Labute approximate surface area is 98.2 Å². The zero-order chi connectivity index (χ0) is 11.4. The van der Waals surface area contributed by atoms with E-state index in [0.29, 0.717) is 0 Å². The van der Waals surface area contributed by atoms with E-state index in [1.165, 1.54) is 19.3 Å². The molecule has 0 spiro atoms. The van der Waals surface area contributed by atoms with Gasteiger partial charge in [0.1, 0.15) is 0 Å². The molecule has 2 aliphatic rings. The Kier molecular flexibility index (Phi) is 4.62. The molecule has 0 aliphatic heterocycles. The first-order valence-corrected chi connectivity index (χ1v) is 6.89. The first-order valence-electron chi connectivity index (χ1n) is 6.89. The van der Waals surface area contributed by atoms with Gasteiger partial charge in [-0.05, 0) is 25.7 Å². The van der Waals surface area contributed by atoms with E-state index in [4.69, 9.17) is 0 Å². The maximum absolute atomic E-state index is 10.0. The van der Waals surface area contributed by atoms with Gasteiger partial charge in [0.25, 0.3) is 0 Å². The van der Waals surface area contributed by atoms with Crippen LogP contribution in [0.4, 0.5) is 0 Å². The van der Waals surface area contributed by atoms with Gasteiger partial charge in [-0.1, -0.05) is 32.1 Å². The molecule has 0 bridgehead atoms. The van der Waals surface area contributed by atoms with Gasteiger partial charge in [-0.25, -0.2) is 0 Å². The van der Waals surface area contributed by atoms with Crippen molar-refractivity contribution in [3.63, 3.8) is 0 Å². The minimum Gasteiger partial charge on any atom is -0.392 e. The molecule has 2 rings (SSSR count). The van der Waals surface area contributed by atoms with E-state index in [9.17, 15) is 10.2 Å². The van der Waals surface area contributed by atoms with Crippen molar-refractivity contribution >= 4 is 0 Å². The summed E-state index contributed by atoms with van der Waals surface area (Å²) in [6.45, 7) is 0. The van der Waals surface area contributed by atoms with E-state index >= 15 is 0 Å². The molecular formula is C13H25NO2. The number of rotatable bonds is 2. The van der Waals surface area contributed by atoms with Crippen molar-refractivity contribution in [2.24, 2.45) is 0 Å². The molecule has 0 radical (unpaired) electrons. The molecule has 94 valence electrons. The molecule has 4 atom stereocenters. The van der Waals surface area contributed by atoms with Crippen LogP contribution < -0.4 is 5.32 Å². The summed E-state index contributed by atoms with van der Waals surface area (Å²) >= 11 is 0. The molecule has 3 heteroatoms. The van der Waals surface area contributed by atoms with Crippen molar-refractivity contribution < 1.29 is 10.2 Å². The second-order valence-electron chi connectivity index (χ2n) is 5.44. The van der Waals surface area contributed by atoms with Crippen molar-refractivity contribution in [3.05, 3.63) is 0 Å². The van der Waals surface area contributed by atoms with Crippen LogP contribution in [0.25, 0.3) is 0 Å². The van der Waals surface area contributed by atoms with Crippen molar-refractivity contribution in [3.8, 4) is 0 Å². The van der Waals surface area contributed by atoms with E-state index in [0.717, 1.165) is 38.5 Å². The van der Waals surface area contributed by atoms with Crippen LogP contribution in [0.1, 0.15) is 57.8 Å². The van der Waals surface area contributed by atoms with Gasteiger partial charge in [-0.3, -0.25) is 0 Å². The van der Waals surface area contributed by atoms with E-state index in [-0.39, 0.29) is 24.3 Å². The summed E-state index contributed by atoms with van der Waals surface area (Å²) in [5.74, 6) is 0. The molecule has 3 N–H and O–H groups in total. The lowest BCUT2D eigenvalue weighted by molar-refractivity contribution is 0.0576. The molecule has 0 saturated heterocycles. The van der Waals surface area contributed by atoms with Crippen molar-refractivity contribution in [1.29, 1.82) is 0 Å². The summed E-state index contributed by atoms with van der Waals surface area (Å²) < 4.78 is 0. The van der Waals surface area contributed by atoms with Crippen LogP contribution in [-0.2, 0) is 0 Å². The van der Waals surface area contributed by atoms with Gasteiger partial charge < -0.3 is 15.5 Å². The second kappa shape index (κ2) is 5.99. The Bertz CT molecular complexity index is 210. The molecule has 0 heterocycles. The minimum atomic E-state index is -0.211. The topological polar surface area (TPSA) is 52.5 Å². The average Bonchev–Trinajstić information content (AvgIpc) is 2.48. The van der Waals surface area contributed by atoms with Crippen molar-refractivity contribution in [2.75, 3.05) is 0 Å². The van der Waals surface area contributed by atoms with Gasteiger partial charge in [0.2, 0.25) is 0 Å². The molecule has 0 aromatic heterocycles. The highest BCUT2D eigenvalue weighted by Crippen LogP contribution is 2.23. The lowest BCUT2D eigenvalue weighted by Gasteiger charge is -2.33. The smallest absolute Gasteiger partial charge is 0.0693 e. The second-order valence-corrected chi connectivity index (χ2v) is 5.44. The fraction of sp³-hybridized carbons (Fsp3) is 1.00. The number of hydrogen-bond donors (Lipinski definition) is 3. The fourth-order valence-electron chi connectivity index (χ4n) is 3.06. The Morgan fingerprint density at radius 3 is 1.69 bits per heavy atom. The quantitative estimate of drug-likeness (QED) is 0.628. The zero-order valence-electron chi connectivity index (χ0n) is 10.1. The van der Waals surface area contributed by atoms with E-state index < -0.39 is 0 Å². The molecule has 2 fully saturated rings.